The van der Waals surface area contributed by atoms with Gasteiger partial charge in [0.05, 0.1) is 0 Å². The van der Waals surface area contributed by atoms with Gasteiger partial charge in [0, 0.05) is 26.2 Å². The highest BCUT2D eigenvalue weighted by Crippen LogP contribution is 1.84. The molecule has 0 bridgehead atoms. The molecule has 0 atom stereocenters. The molecule has 0 saturated heterocycles. The monoisotopic (exact) mass is 126 g/mol. The third-order valence-electron chi connectivity index (χ3n) is 1.52. The summed E-state index contributed by atoms with van der Waals surface area (Å²) in [5.41, 5.74) is 0. The van der Waals surface area contributed by atoms with E-state index < -0.39 is 0 Å². The minimum atomic E-state index is 1.04. The summed E-state index contributed by atoms with van der Waals surface area (Å²) in [6.07, 6.45) is 4.38. The van der Waals surface area contributed by atoms with Crippen LogP contribution in [0.5, 0.6) is 0 Å². The fourth-order valence-corrected chi connectivity index (χ4v) is 0.884. The number of hydrogen-bond donors (Lipinski definition) is 1. The molecule has 0 aromatic carbocycles. The molecule has 0 amide bonds. The molecule has 0 spiro atoms. The zero-order valence-electron chi connectivity index (χ0n) is 5.93. The van der Waals surface area contributed by atoms with Crippen molar-refractivity contribution in [1.29, 1.82) is 0 Å². The van der Waals surface area contributed by atoms with E-state index in [0.717, 1.165) is 26.2 Å². The predicted octanol–water partition coefficient (Wildman–Crippen LogP) is 0.0776. The van der Waals surface area contributed by atoms with Gasteiger partial charge in [0.1, 0.15) is 0 Å². The van der Waals surface area contributed by atoms with Gasteiger partial charge < -0.3 is 10.2 Å². The Kier molecular flexibility index (Phi) is 2.74. The molecule has 0 radical (unpaired) electrons. The highest BCUT2D eigenvalue weighted by Gasteiger charge is 1.95. The molecule has 1 rings (SSSR count). The Balaban J connectivity index is 2.28. The number of rotatable bonds is 0. The van der Waals surface area contributed by atoms with Crippen LogP contribution in [0.1, 0.15) is 0 Å². The molecule has 0 fully saturated rings. The first-order chi connectivity index (χ1) is 4.39. The molecule has 2 nitrogen and oxygen atoms in total. The van der Waals surface area contributed by atoms with E-state index in [1.165, 1.54) is 0 Å². The van der Waals surface area contributed by atoms with Crippen molar-refractivity contribution >= 4 is 0 Å². The first kappa shape index (κ1) is 6.78. The molecule has 2 heteroatoms. The van der Waals surface area contributed by atoms with Gasteiger partial charge in [0.15, 0.2) is 0 Å². The first-order valence-electron chi connectivity index (χ1n) is 3.44. The minimum absolute atomic E-state index is 1.04. The van der Waals surface area contributed by atoms with Crippen LogP contribution in [0.3, 0.4) is 0 Å². The van der Waals surface area contributed by atoms with Gasteiger partial charge in [-0.15, -0.1) is 0 Å². The first-order valence-corrected chi connectivity index (χ1v) is 3.44. The Labute approximate surface area is 56.5 Å². The number of hydrogen-bond acceptors (Lipinski definition) is 2. The van der Waals surface area contributed by atoms with E-state index in [1.54, 1.807) is 0 Å². The predicted molar refractivity (Wildman–Crippen MR) is 39.5 cm³/mol. The number of nitrogens with zero attached hydrogens (tertiary/aromatic N) is 1. The zero-order valence-corrected chi connectivity index (χ0v) is 5.93. The van der Waals surface area contributed by atoms with E-state index in [0.29, 0.717) is 0 Å². The average Bonchev–Trinajstić information content (AvgIpc) is 1.79. The lowest BCUT2D eigenvalue weighted by atomic mass is 10.4. The Bertz CT molecular complexity index is 99.1. The largest absolute Gasteiger partial charge is 0.312 e. The zero-order chi connectivity index (χ0) is 6.53. The number of likely N-dealkylation sites (N-methyl/N-ethyl adjacent to an activating group) is 1. The van der Waals surface area contributed by atoms with Gasteiger partial charge in [-0.25, -0.2) is 0 Å². The average molecular weight is 126 g/mol. The molecule has 0 aromatic heterocycles. The summed E-state index contributed by atoms with van der Waals surface area (Å²) < 4.78 is 0. The number of nitrogens with one attached hydrogen (secondary N) is 1. The lowest BCUT2D eigenvalue weighted by Crippen LogP contribution is -2.31. The van der Waals surface area contributed by atoms with Crippen LogP contribution in [-0.4, -0.2) is 38.1 Å². The Morgan fingerprint density at radius 1 is 1.44 bits per heavy atom. The summed E-state index contributed by atoms with van der Waals surface area (Å²) in [5, 5.41) is 3.29. The molecule has 0 aromatic rings. The topological polar surface area (TPSA) is 15.3 Å². The van der Waals surface area contributed by atoms with Crippen molar-refractivity contribution < 1.29 is 0 Å². The molecule has 1 aliphatic heterocycles. The van der Waals surface area contributed by atoms with Crippen molar-refractivity contribution in [2.45, 2.75) is 0 Å². The van der Waals surface area contributed by atoms with Crippen LogP contribution >= 0.6 is 0 Å². The van der Waals surface area contributed by atoms with Crippen LogP contribution in [0.4, 0.5) is 0 Å². The molecule has 9 heavy (non-hydrogen) atoms. The second kappa shape index (κ2) is 3.64. The highest BCUT2D eigenvalue weighted by atomic mass is 15.1. The lowest BCUT2D eigenvalue weighted by molar-refractivity contribution is 0.363. The van der Waals surface area contributed by atoms with Crippen LogP contribution in [0.15, 0.2) is 12.2 Å². The third-order valence-corrected chi connectivity index (χ3v) is 1.52. The van der Waals surface area contributed by atoms with E-state index in [4.69, 9.17) is 0 Å². The van der Waals surface area contributed by atoms with E-state index in [-0.39, 0.29) is 0 Å². The summed E-state index contributed by atoms with van der Waals surface area (Å²) in [4.78, 5) is 2.29. The van der Waals surface area contributed by atoms with Crippen molar-refractivity contribution in [2.24, 2.45) is 0 Å². The van der Waals surface area contributed by atoms with Crippen molar-refractivity contribution in [3.8, 4) is 0 Å². The molecular weight excluding hydrogens is 112 g/mol. The Morgan fingerprint density at radius 2 is 2.33 bits per heavy atom. The van der Waals surface area contributed by atoms with E-state index >= 15 is 0 Å². The Morgan fingerprint density at radius 3 is 3.22 bits per heavy atom. The SMILES string of the molecule is CN1C/C=C/CNCC1. The standard InChI is InChI=1S/C7H14N2/c1-9-6-3-2-4-8-5-7-9/h2-3,8H,4-7H2,1H3/b3-2+. The maximum absolute atomic E-state index is 3.29. The van der Waals surface area contributed by atoms with E-state index in [2.05, 4.69) is 29.4 Å². The molecular formula is C7H14N2. The molecule has 52 valence electrons. The smallest absolute Gasteiger partial charge is 0.0161 e. The summed E-state index contributed by atoms with van der Waals surface area (Å²) in [7, 11) is 2.14. The van der Waals surface area contributed by atoms with Gasteiger partial charge >= 0.3 is 0 Å². The maximum atomic E-state index is 3.29. The van der Waals surface area contributed by atoms with Gasteiger partial charge in [-0.1, -0.05) is 12.2 Å². The third kappa shape index (κ3) is 2.63. The summed E-state index contributed by atoms with van der Waals surface area (Å²) >= 11 is 0. The molecule has 0 unspecified atom stereocenters. The molecule has 1 N–H and O–H groups in total. The lowest BCUT2D eigenvalue weighted by Gasteiger charge is -2.16. The second-order valence-electron chi connectivity index (χ2n) is 2.44. The molecule has 1 aliphatic rings. The quantitative estimate of drug-likeness (QED) is 0.462. The van der Waals surface area contributed by atoms with Crippen LogP contribution < -0.4 is 5.32 Å². The highest BCUT2D eigenvalue weighted by molar-refractivity contribution is 4.87. The van der Waals surface area contributed by atoms with Crippen molar-refractivity contribution in [1.82, 2.24) is 10.2 Å². The van der Waals surface area contributed by atoms with E-state index in [1.807, 2.05) is 0 Å². The minimum Gasteiger partial charge on any atom is -0.312 e. The van der Waals surface area contributed by atoms with Crippen LogP contribution in [0.2, 0.25) is 0 Å². The Hall–Kier alpha value is -0.340. The van der Waals surface area contributed by atoms with Gasteiger partial charge in [0.2, 0.25) is 0 Å². The molecule has 0 aliphatic carbocycles. The van der Waals surface area contributed by atoms with Crippen molar-refractivity contribution in [2.75, 3.05) is 33.2 Å². The molecule has 0 saturated carbocycles. The van der Waals surface area contributed by atoms with Gasteiger partial charge in [-0.2, -0.15) is 0 Å². The van der Waals surface area contributed by atoms with Crippen LogP contribution in [-0.2, 0) is 0 Å². The van der Waals surface area contributed by atoms with Crippen LogP contribution in [0, 0.1) is 0 Å². The van der Waals surface area contributed by atoms with Crippen molar-refractivity contribution in [3.05, 3.63) is 12.2 Å². The second-order valence-corrected chi connectivity index (χ2v) is 2.44. The summed E-state index contributed by atoms with van der Waals surface area (Å²) in [5.74, 6) is 0. The van der Waals surface area contributed by atoms with Crippen LogP contribution in [0.25, 0.3) is 0 Å². The maximum Gasteiger partial charge on any atom is 0.0161 e. The normalized spacial score (nSPS) is 26.8. The van der Waals surface area contributed by atoms with Crippen molar-refractivity contribution in [3.63, 3.8) is 0 Å². The molecule has 1 heterocycles. The van der Waals surface area contributed by atoms with Gasteiger partial charge in [-0.05, 0) is 7.05 Å². The van der Waals surface area contributed by atoms with E-state index in [9.17, 15) is 0 Å². The summed E-state index contributed by atoms with van der Waals surface area (Å²) in [6, 6.07) is 0. The fourth-order valence-electron chi connectivity index (χ4n) is 0.884. The fraction of sp³-hybridized carbons (Fsp3) is 0.714. The van der Waals surface area contributed by atoms with Gasteiger partial charge in [-0.3, -0.25) is 0 Å². The van der Waals surface area contributed by atoms with Gasteiger partial charge in [0.25, 0.3) is 0 Å². The summed E-state index contributed by atoms with van der Waals surface area (Å²) in [6.45, 7) is 4.40.